The van der Waals surface area contributed by atoms with Crippen LogP contribution in [0.1, 0.15) is 31.4 Å². The highest BCUT2D eigenvalue weighted by atomic mass is 32.2. The van der Waals surface area contributed by atoms with Crippen LogP contribution < -0.4 is 9.62 Å². The summed E-state index contributed by atoms with van der Waals surface area (Å²) < 4.78 is 53.6. The third-order valence-electron chi connectivity index (χ3n) is 6.34. The Morgan fingerprint density at radius 3 is 2.03 bits per heavy atom. The zero-order valence-corrected chi connectivity index (χ0v) is 23.0. The van der Waals surface area contributed by atoms with Gasteiger partial charge in [0.1, 0.15) is 12.6 Å². The van der Waals surface area contributed by atoms with Crippen LogP contribution >= 0.6 is 0 Å². The molecule has 0 radical (unpaired) electrons. The van der Waals surface area contributed by atoms with Crippen LogP contribution in [-0.2, 0) is 32.6 Å². The zero-order valence-electron chi connectivity index (χ0n) is 22.2. The molecule has 0 aliphatic heterocycles. The number of nitrogens with one attached hydrogen (secondary N) is 1. The summed E-state index contributed by atoms with van der Waals surface area (Å²) in [6, 6.07) is 19.7. The van der Waals surface area contributed by atoms with Crippen LogP contribution in [0.4, 0.5) is 14.5 Å². The maximum absolute atomic E-state index is 14.0. The van der Waals surface area contributed by atoms with Gasteiger partial charge in [0.15, 0.2) is 11.6 Å². The molecular formula is C29H33F2N3O4S. The van der Waals surface area contributed by atoms with Crippen molar-refractivity contribution in [2.45, 2.75) is 45.3 Å². The first-order chi connectivity index (χ1) is 18.5. The molecular weight excluding hydrogens is 524 g/mol. The summed E-state index contributed by atoms with van der Waals surface area (Å²) >= 11 is 0. The highest BCUT2D eigenvalue weighted by Crippen LogP contribution is 2.22. The SMILES string of the molecule is CCC(C)NC(=O)C(Cc1ccccc1)N(Cc1ccccc1)C(=O)CN(c1ccc(F)c(F)c1)S(C)(=O)=O. The molecule has 0 spiro atoms. The Bertz CT molecular complexity index is 1370. The summed E-state index contributed by atoms with van der Waals surface area (Å²) in [5.41, 5.74) is 1.35. The van der Waals surface area contributed by atoms with Crippen LogP contribution in [0, 0.1) is 11.6 Å². The monoisotopic (exact) mass is 557 g/mol. The summed E-state index contributed by atoms with van der Waals surface area (Å²) in [6.07, 6.45) is 1.74. The van der Waals surface area contributed by atoms with Gasteiger partial charge >= 0.3 is 0 Å². The number of anilines is 1. The summed E-state index contributed by atoms with van der Waals surface area (Å²) in [7, 11) is -4.08. The molecule has 0 saturated carbocycles. The summed E-state index contributed by atoms with van der Waals surface area (Å²) in [6.45, 7) is 3.10. The number of sulfonamides is 1. The fraction of sp³-hybridized carbons (Fsp3) is 0.310. The van der Waals surface area contributed by atoms with E-state index in [0.717, 1.165) is 35.6 Å². The third-order valence-corrected chi connectivity index (χ3v) is 7.48. The normalized spacial score (nSPS) is 12.8. The van der Waals surface area contributed by atoms with Crippen LogP contribution in [0.25, 0.3) is 0 Å². The van der Waals surface area contributed by atoms with E-state index in [-0.39, 0.29) is 30.6 Å². The van der Waals surface area contributed by atoms with E-state index >= 15 is 0 Å². The van der Waals surface area contributed by atoms with Crippen molar-refractivity contribution in [1.29, 1.82) is 0 Å². The van der Waals surface area contributed by atoms with Crippen LogP contribution in [0.3, 0.4) is 0 Å². The average molecular weight is 558 g/mol. The smallest absolute Gasteiger partial charge is 0.244 e. The molecule has 10 heteroatoms. The topological polar surface area (TPSA) is 86.8 Å². The molecule has 3 aromatic carbocycles. The molecule has 2 atom stereocenters. The molecule has 3 rings (SSSR count). The number of carbonyl (C=O) groups is 2. The van der Waals surface area contributed by atoms with Gasteiger partial charge in [0.2, 0.25) is 21.8 Å². The first-order valence-corrected chi connectivity index (χ1v) is 14.4. The second-order valence-electron chi connectivity index (χ2n) is 9.40. The minimum Gasteiger partial charge on any atom is -0.352 e. The maximum Gasteiger partial charge on any atom is 0.244 e. The molecule has 7 nitrogen and oxygen atoms in total. The Morgan fingerprint density at radius 1 is 0.897 bits per heavy atom. The molecule has 0 fully saturated rings. The number of nitrogens with zero attached hydrogens (tertiary/aromatic N) is 2. The molecule has 208 valence electrons. The lowest BCUT2D eigenvalue weighted by Crippen LogP contribution is -2.54. The van der Waals surface area contributed by atoms with Gasteiger partial charge in [0.05, 0.1) is 11.9 Å². The number of benzene rings is 3. The highest BCUT2D eigenvalue weighted by molar-refractivity contribution is 7.92. The van der Waals surface area contributed by atoms with Crippen LogP contribution in [0.15, 0.2) is 78.9 Å². The zero-order chi connectivity index (χ0) is 28.6. The first-order valence-electron chi connectivity index (χ1n) is 12.6. The van der Waals surface area contributed by atoms with Crippen molar-refractivity contribution in [3.63, 3.8) is 0 Å². The van der Waals surface area contributed by atoms with E-state index in [1.807, 2.05) is 50.2 Å². The lowest BCUT2D eigenvalue weighted by Gasteiger charge is -2.34. The quantitative estimate of drug-likeness (QED) is 0.360. The van der Waals surface area contributed by atoms with Gasteiger partial charge in [-0.25, -0.2) is 17.2 Å². The van der Waals surface area contributed by atoms with E-state index in [2.05, 4.69) is 5.32 Å². The van der Waals surface area contributed by atoms with E-state index in [1.165, 1.54) is 4.90 Å². The fourth-order valence-corrected chi connectivity index (χ4v) is 4.87. The van der Waals surface area contributed by atoms with Gasteiger partial charge in [-0.1, -0.05) is 67.6 Å². The maximum atomic E-state index is 14.0. The number of halogens is 2. The van der Waals surface area contributed by atoms with E-state index in [4.69, 9.17) is 0 Å². The molecule has 0 aliphatic carbocycles. The molecule has 2 amide bonds. The van der Waals surface area contributed by atoms with E-state index < -0.39 is 40.2 Å². The first kappa shape index (κ1) is 29.8. The predicted octanol–water partition coefficient (Wildman–Crippen LogP) is 4.29. The van der Waals surface area contributed by atoms with Gasteiger partial charge < -0.3 is 10.2 Å². The molecule has 0 heterocycles. The van der Waals surface area contributed by atoms with Gasteiger partial charge in [-0.05, 0) is 36.6 Å². The lowest BCUT2D eigenvalue weighted by atomic mass is 10.0. The summed E-state index contributed by atoms with van der Waals surface area (Å²) in [4.78, 5) is 28.8. The van der Waals surface area contributed by atoms with Crippen LogP contribution in [0.5, 0.6) is 0 Å². The van der Waals surface area contributed by atoms with Crippen molar-refractivity contribution in [2.24, 2.45) is 0 Å². The third kappa shape index (κ3) is 8.35. The predicted molar refractivity (Wildman–Crippen MR) is 147 cm³/mol. The lowest BCUT2D eigenvalue weighted by molar-refractivity contribution is -0.140. The Kier molecular flexibility index (Phi) is 10.2. The van der Waals surface area contributed by atoms with E-state index in [0.29, 0.717) is 10.7 Å². The molecule has 0 aliphatic rings. The molecule has 0 aromatic heterocycles. The van der Waals surface area contributed by atoms with E-state index in [1.54, 1.807) is 24.3 Å². The van der Waals surface area contributed by atoms with Crippen molar-refractivity contribution in [2.75, 3.05) is 17.1 Å². The second kappa shape index (κ2) is 13.3. The highest BCUT2D eigenvalue weighted by Gasteiger charge is 2.33. The molecule has 3 aromatic rings. The molecule has 39 heavy (non-hydrogen) atoms. The fourth-order valence-electron chi connectivity index (χ4n) is 4.03. The number of rotatable bonds is 12. The summed E-state index contributed by atoms with van der Waals surface area (Å²) in [5.74, 6) is -3.44. The Labute approximate surface area is 228 Å². The minimum atomic E-state index is -4.08. The van der Waals surface area contributed by atoms with Gasteiger partial charge in [-0.3, -0.25) is 13.9 Å². The van der Waals surface area contributed by atoms with E-state index in [9.17, 15) is 26.8 Å². The van der Waals surface area contributed by atoms with Crippen molar-refractivity contribution < 1.29 is 26.8 Å². The van der Waals surface area contributed by atoms with Gasteiger partial charge in [-0.15, -0.1) is 0 Å². The summed E-state index contributed by atoms with van der Waals surface area (Å²) in [5, 5.41) is 2.94. The number of hydrogen-bond donors (Lipinski definition) is 1. The number of carbonyl (C=O) groups excluding carboxylic acids is 2. The number of hydrogen-bond acceptors (Lipinski definition) is 4. The van der Waals surface area contributed by atoms with Gasteiger partial charge in [-0.2, -0.15) is 0 Å². The molecule has 0 saturated heterocycles. The van der Waals surface area contributed by atoms with Crippen molar-refractivity contribution in [3.05, 3.63) is 102 Å². The largest absolute Gasteiger partial charge is 0.352 e. The standard InChI is InChI=1S/C29H33F2N3O4S/c1-4-21(2)32-29(36)27(17-22-11-7-5-8-12-22)33(19-23-13-9-6-10-14-23)28(35)20-34(39(3,37)38)24-15-16-25(30)26(31)18-24/h5-16,18,21,27H,4,17,19-20H2,1-3H3,(H,32,36). The van der Waals surface area contributed by atoms with Crippen LogP contribution in [-0.4, -0.2) is 50.0 Å². The van der Waals surface area contributed by atoms with Crippen LogP contribution in [0.2, 0.25) is 0 Å². The minimum absolute atomic E-state index is 0.0283. The number of amides is 2. The van der Waals surface area contributed by atoms with Gasteiger partial charge in [0, 0.05) is 25.1 Å². The van der Waals surface area contributed by atoms with Gasteiger partial charge in [0.25, 0.3) is 0 Å². The van der Waals surface area contributed by atoms with Crippen molar-refractivity contribution in [3.8, 4) is 0 Å². The average Bonchev–Trinajstić information content (AvgIpc) is 2.91. The van der Waals surface area contributed by atoms with Crippen molar-refractivity contribution >= 4 is 27.5 Å². The molecule has 2 unspecified atom stereocenters. The Morgan fingerprint density at radius 2 is 1.49 bits per heavy atom. The molecule has 1 N–H and O–H groups in total. The second-order valence-corrected chi connectivity index (χ2v) is 11.3. The Balaban J connectivity index is 2.05. The van der Waals surface area contributed by atoms with Crippen molar-refractivity contribution in [1.82, 2.24) is 10.2 Å². The molecule has 0 bridgehead atoms. The Hall–Kier alpha value is -3.79.